The van der Waals surface area contributed by atoms with E-state index in [1.165, 1.54) is 83.5 Å². The van der Waals surface area contributed by atoms with Crippen LogP contribution in [0.3, 0.4) is 0 Å². The zero-order valence-electron chi connectivity index (χ0n) is 51.0. The Balaban J connectivity index is 4.18. The topological polar surface area (TPSA) is 108 Å². The molecule has 3 atom stereocenters. The summed E-state index contributed by atoms with van der Waals surface area (Å²) in [4.78, 5) is 25.5. The van der Waals surface area contributed by atoms with Gasteiger partial charge in [0.15, 0.2) is 0 Å². The summed E-state index contributed by atoms with van der Waals surface area (Å²) in [7, 11) is 1.21. The van der Waals surface area contributed by atoms with Gasteiger partial charge in [0.05, 0.1) is 39.9 Å². The molecule has 2 N–H and O–H groups in total. The third kappa shape index (κ3) is 61.6. The second-order valence-electron chi connectivity index (χ2n) is 21.7. The average Bonchev–Trinajstić information content (AvgIpc) is 3.42. The number of unbranched alkanes of at least 4 members (excludes halogenated alkanes) is 18. The lowest BCUT2D eigenvalue weighted by Gasteiger charge is -2.29. The molecule has 0 fully saturated rings. The fourth-order valence-electron chi connectivity index (χ4n) is 8.11. The highest BCUT2D eigenvalue weighted by atomic mass is 31.2. The van der Waals surface area contributed by atoms with Gasteiger partial charge in [0.25, 0.3) is 7.82 Å². The van der Waals surface area contributed by atoms with Gasteiger partial charge in [-0.25, -0.2) is 0 Å². The molecule has 0 saturated carbocycles. The van der Waals surface area contributed by atoms with E-state index in [1.54, 1.807) is 6.08 Å². The van der Waals surface area contributed by atoms with Crippen LogP contribution >= 0.6 is 7.82 Å². The van der Waals surface area contributed by atoms with Crippen molar-refractivity contribution in [2.24, 2.45) is 0 Å². The number of aliphatic hydroxyl groups excluding tert-OH is 1. The quantitative estimate of drug-likeness (QED) is 0.0272. The molecule has 0 aliphatic rings. The van der Waals surface area contributed by atoms with Crippen LogP contribution in [0.5, 0.6) is 0 Å². The van der Waals surface area contributed by atoms with Crippen molar-refractivity contribution in [1.29, 1.82) is 0 Å². The minimum atomic E-state index is -4.62. The van der Waals surface area contributed by atoms with E-state index in [0.717, 1.165) is 122 Å². The highest BCUT2D eigenvalue weighted by molar-refractivity contribution is 7.45. The van der Waals surface area contributed by atoms with Crippen LogP contribution in [0.2, 0.25) is 0 Å². The molecule has 448 valence electrons. The highest BCUT2D eigenvalue weighted by Crippen LogP contribution is 2.38. The number of quaternary nitrogens is 1. The Kier molecular flexibility index (Phi) is 55.9. The van der Waals surface area contributed by atoms with Crippen LogP contribution in [0.15, 0.2) is 158 Å². The number of carbonyl (C=O) groups excluding carboxylic acids is 1. The predicted octanol–water partition coefficient (Wildman–Crippen LogP) is 19.2. The molecule has 9 heteroatoms. The van der Waals surface area contributed by atoms with Crippen LogP contribution in [-0.2, 0) is 18.4 Å². The van der Waals surface area contributed by atoms with Crippen LogP contribution in [0, 0.1) is 0 Å². The van der Waals surface area contributed by atoms with Crippen molar-refractivity contribution in [3.05, 3.63) is 158 Å². The highest BCUT2D eigenvalue weighted by Gasteiger charge is 2.23. The van der Waals surface area contributed by atoms with Crippen molar-refractivity contribution < 1.29 is 32.9 Å². The summed E-state index contributed by atoms with van der Waals surface area (Å²) in [5.41, 5.74) is 0. The largest absolute Gasteiger partial charge is 0.756 e. The summed E-state index contributed by atoms with van der Waals surface area (Å²) < 4.78 is 23.3. The van der Waals surface area contributed by atoms with Crippen molar-refractivity contribution in [1.82, 2.24) is 5.32 Å². The first-order valence-electron chi connectivity index (χ1n) is 31.3. The van der Waals surface area contributed by atoms with E-state index in [-0.39, 0.29) is 12.5 Å². The number of aliphatic hydroxyl groups is 1. The molecule has 0 aromatic heterocycles. The number of nitrogens with one attached hydrogen (secondary N) is 1. The van der Waals surface area contributed by atoms with E-state index < -0.39 is 26.6 Å². The van der Waals surface area contributed by atoms with Crippen LogP contribution in [-0.4, -0.2) is 68.5 Å². The Bertz CT molecular complexity index is 1840. The lowest BCUT2D eigenvalue weighted by Crippen LogP contribution is -2.45. The van der Waals surface area contributed by atoms with Gasteiger partial charge in [-0.15, -0.1) is 0 Å². The fourth-order valence-corrected chi connectivity index (χ4v) is 8.84. The van der Waals surface area contributed by atoms with Crippen molar-refractivity contribution in [3.63, 3.8) is 0 Å². The number of allylic oxidation sites excluding steroid dienone is 25. The summed E-state index contributed by atoms with van der Waals surface area (Å²) in [6.45, 7) is 4.48. The summed E-state index contributed by atoms with van der Waals surface area (Å²) in [5.74, 6) is -0.225. The minimum Gasteiger partial charge on any atom is -0.756 e. The zero-order chi connectivity index (χ0) is 57.7. The Hall–Kier alpha value is -3.88. The zero-order valence-corrected chi connectivity index (χ0v) is 51.9. The molecule has 79 heavy (non-hydrogen) atoms. The number of hydrogen-bond donors (Lipinski definition) is 2. The number of rotatable bonds is 55. The second kappa shape index (κ2) is 58.8. The standard InChI is InChI=1S/C70H117N2O6P/c1-6-8-10-12-14-16-18-20-22-24-25-26-27-28-29-30-31-32-33-34-35-36-37-38-39-40-41-42-43-44-45-46-47-48-50-52-54-56-58-60-62-64-70(74)71-68(67-78-79(75,76)77-66-65-72(3,4)5)69(73)63-61-59-57-55-53-51-49-23-21-19-17-15-13-11-9-7-2/h8,10,14,16,20,22,25-26,28-29,31-32,34-35,37-38,40-41,43-44,46-47,53,55,61,63,68-69,73H,6-7,9,11-13,15,17-19,21,23-24,27,30,33,36,39,42,45,48-52,54,56-60,62,64-67H2,1-5H3,(H-,71,74,75,76)/b10-8-,16-14-,22-20-,26-25-,29-28-,32-31-,35-34-,38-37-,41-40-,44-43-,47-46-,55-53+,63-61+. The van der Waals surface area contributed by atoms with Crippen LogP contribution in [0.25, 0.3) is 0 Å². The predicted molar refractivity (Wildman–Crippen MR) is 343 cm³/mol. The van der Waals surface area contributed by atoms with Crippen molar-refractivity contribution >= 4 is 13.7 Å². The molecule has 0 spiro atoms. The van der Waals surface area contributed by atoms with Crippen molar-refractivity contribution in [2.45, 2.75) is 238 Å². The molecule has 0 radical (unpaired) electrons. The lowest BCUT2D eigenvalue weighted by atomic mass is 10.1. The first-order chi connectivity index (χ1) is 38.5. The van der Waals surface area contributed by atoms with Crippen molar-refractivity contribution in [3.8, 4) is 0 Å². The van der Waals surface area contributed by atoms with E-state index >= 15 is 0 Å². The molecular weight excluding hydrogens is 996 g/mol. The van der Waals surface area contributed by atoms with E-state index in [0.29, 0.717) is 17.4 Å². The SMILES string of the molecule is CC/C=C\C/C=C\C/C=C\C/C=C\C/C=C\C/C=C\C/C=C\C/C=C\C/C=C\C/C=C\C/C=C\CCCCCCCCCC(=O)NC(COP(=O)([O-])OCC[N+](C)(C)C)C(O)/C=C/CC/C=C/CCCCCCCCCCCC. The van der Waals surface area contributed by atoms with Crippen LogP contribution in [0.4, 0.5) is 0 Å². The maximum atomic E-state index is 13.0. The summed E-state index contributed by atoms with van der Waals surface area (Å²) in [5, 5.41) is 13.8. The number of likely N-dealkylation sites (N-methyl/N-ethyl adjacent to an activating group) is 1. The number of phosphoric acid groups is 1. The van der Waals surface area contributed by atoms with Crippen LogP contribution in [0.1, 0.15) is 226 Å². The van der Waals surface area contributed by atoms with Gasteiger partial charge in [-0.2, -0.15) is 0 Å². The number of amides is 1. The van der Waals surface area contributed by atoms with Crippen molar-refractivity contribution in [2.75, 3.05) is 40.9 Å². The maximum Gasteiger partial charge on any atom is 0.268 e. The minimum absolute atomic E-state index is 0.0166. The molecule has 3 unspecified atom stereocenters. The molecule has 0 aliphatic carbocycles. The van der Waals surface area contributed by atoms with Gasteiger partial charge >= 0.3 is 0 Å². The Labute approximate surface area is 486 Å². The first-order valence-corrected chi connectivity index (χ1v) is 32.8. The van der Waals surface area contributed by atoms with Gasteiger partial charge in [-0.3, -0.25) is 9.36 Å². The lowest BCUT2D eigenvalue weighted by molar-refractivity contribution is -0.870. The molecule has 0 aromatic rings. The average molecular weight is 1110 g/mol. The number of nitrogens with zero attached hydrogens (tertiary/aromatic N) is 1. The molecular formula is C70H117N2O6P. The van der Waals surface area contributed by atoms with Gasteiger partial charge in [-0.1, -0.05) is 262 Å². The summed E-state index contributed by atoms with van der Waals surface area (Å²) in [6.07, 6.45) is 91.9. The van der Waals surface area contributed by atoms with Gasteiger partial charge < -0.3 is 28.8 Å². The summed E-state index contributed by atoms with van der Waals surface area (Å²) in [6, 6.07) is -0.921. The Morgan fingerprint density at radius 3 is 1.18 bits per heavy atom. The number of phosphoric ester groups is 1. The molecule has 0 aliphatic heterocycles. The third-order valence-corrected chi connectivity index (χ3v) is 13.9. The molecule has 0 bridgehead atoms. The Morgan fingerprint density at radius 2 is 0.785 bits per heavy atom. The van der Waals surface area contributed by atoms with Gasteiger partial charge in [0, 0.05) is 6.42 Å². The molecule has 0 saturated heterocycles. The Morgan fingerprint density at radius 1 is 0.456 bits per heavy atom. The van der Waals surface area contributed by atoms with E-state index in [4.69, 9.17) is 9.05 Å². The molecule has 0 aromatic carbocycles. The normalized spacial score (nSPS) is 14.9. The maximum absolute atomic E-state index is 13.0. The van der Waals surface area contributed by atoms with E-state index in [1.807, 2.05) is 27.2 Å². The smallest absolute Gasteiger partial charge is 0.268 e. The fraction of sp³-hybridized carbons (Fsp3) is 0.614. The molecule has 0 rings (SSSR count). The van der Waals surface area contributed by atoms with Gasteiger partial charge in [0.1, 0.15) is 13.2 Å². The number of carbonyl (C=O) groups is 1. The molecule has 1 amide bonds. The van der Waals surface area contributed by atoms with Gasteiger partial charge in [-0.05, 0) is 116 Å². The van der Waals surface area contributed by atoms with Gasteiger partial charge in [0.2, 0.25) is 5.91 Å². The monoisotopic (exact) mass is 1110 g/mol. The van der Waals surface area contributed by atoms with E-state index in [2.05, 4.69) is 165 Å². The third-order valence-electron chi connectivity index (χ3n) is 13.0. The first kappa shape index (κ1) is 75.1. The van der Waals surface area contributed by atoms with Crippen LogP contribution < -0.4 is 10.2 Å². The molecule has 0 heterocycles. The number of hydrogen-bond acceptors (Lipinski definition) is 6. The second-order valence-corrected chi connectivity index (χ2v) is 23.1. The summed E-state index contributed by atoms with van der Waals surface area (Å²) >= 11 is 0. The molecule has 8 nitrogen and oxygen atoms in total. The van der Waals surface area contributed by atoms with E-state index in [9.17, 15) is 19.4 Å².